The highest BCUT2D eigenvalue weighted by Crippen LogP contribution is 2.24. The van der Waals surface area contributed by atoms with Crippen molar-refractivity contribution in [2.24, 2.45) is 5.73 Å². The largest absolute Gasteiger partial charge is 0.480 e. The molecule has 216 valence electrons. The highest BCUT2D eigenvalue weighted by molar-refractivity contribution is 5.94. The Kier molecular flexibility index (Phi) is 8.77. The first-order valence-corrected chi connectivity index (χ1v) is 13.4. The number of carbonyl (C=O) groups excluding carboxylic acids is 3. The van der Waals surface area contributed by atoms with Gasteiger partial charge in [-0.3, -0.25) is 14.2 Å². The van der Waals surface area contributed by atoms with E-state index < -0.39 is 41.6 Å². The standard InChI is InChI=1S/C30H35N5O6/c1-30(2,3)41-29(40)35-17-19(21-9-5-7-11-25(21)35)15-23(33-26(36)12-13-31)27(37)34-24(28(38)39)14-18-16-32-22-10-6-4-8-20(18)22/h4-11,16-17,23-24,32H,12-15,31H2,1-3H3,(H,33,36)(H,34,37)(H,38,39)/t23-,24+/m1/s1. The summed E-state index contributed by atoms with van der Waals surface area (Å²) in [5, 5.41) is 16.8. The lowest BCUT2D eigenvalue weighted by Gasteiger charge is -2.21. The zero-order chi connectivity index (χ0) is 29.7. The molecule has 0 bridgehead atoms. The average Bonchev–Trinajstić information content (AvgIpc) is 3.49. The molecule has 2 aromatic carbocycles. The van der Waals surface area contributed by atoms with Crippen LogP contribution in [0.1, 0.15) is 38.3 Å². The second-order valence-electron chi connectivity index (χ2n) is 10.8. The number of carboxylic acids is 1. The molecule has 11 nitrogen and oxygen atoms in total. The molecular formula is C30H35N5O6. The molecule has 0 radical (unpaired) electrons. The van der Waals surface area contributed by atoms with Crippen LogP contribution in [0.25, 0.3) is 21.8 Å². The van der Waals surface area contributed by atoms with E-state index in [0.717, 1.165) is 16.5 Å². The number of para-hydroxylation sites is 2. The first-order chi connectivity index (χ1) is 19.5. The van der Waals surface area contributed by atoms with E-state index in [1.165, 1.54) is 4.57 Å². The summed E-state index contributed by atoms with van der Waals surface area (Å²) in [6, 6.07) is 12.2. The van der Waals surface area contributed by atoms with Gasteiger partial charge in [0.15, 0.2) is 0 Å². The Balaban J connectivity index is 1.62. The fourth-order valence-electron chi connectivity index (χ4n) is 4.69. The summed E-state index contributed by atoms with van der Waals surface area (Å²) < 4.78 is 6.91. The summed E-state index contributed by atoms with van der Waals surface area (Å²) in [4.78, 5) is 54.3. The maximum atomic E-state index is 13.5. The van der Waals surface area contributed by atoms with Crippen LogP contribution >= 0.6 is 0 Å². The average molecular weight is 562 g/mol. The smallest absolute Gasteiger partial charge is 0.419 e. The van der Waals surface area contributed by atoms with Gasteiger partial charge in [-0.05, 0) is 44.0 Å². The van der Waals surface area contributed by atoms with Crippen LogP contribution in [0.5, 0.6) is 0 Å². The van der Waals surface area contributed by atoms with Crippen LogP contribution in [0, 0.1) is 0 Å². The molecule has 0 saturated heterocycles. The number of benzene rings is 2. The predicted octanol–water partition coefficient (Wildman–Crippen LogP) is 3.09. The Morgan fingerprint density at radius 3 is 2.29 bits per heavy atom. The lowest BCUT2D eigenvalue weighted by atomic mass is 10.0. The molecule has 2 aromatic heterocycles. The molecule has 4 rings (SSSR count). The van der Waals surface area contributed by atoms with Crippen molar-refractivity contribution in [1.82, 2.24) is 20.2 Å². The maximum Gasteiger partial charge on any atom is 0.419 e. The van der Waals surface area contributed by atoms with Crippen molar-refractivity contribution < 1.29 is 29.0 Å². The monoisotopic (exact) mass is 561 g/mol. The lowest BCUT2D eigenvalue weighted by Crippen LogP contribution is -2.53. The highest BCUT2D eigenvalue weighted by atomic mass is 16.6. The number of rotatable bonds is 10. The van der Waals surface area contributed by atoms with Gasteiger partial charge in [-0.15, -0.1) is 0 Å². The van der Waals surface area contributed by atoms with E-state index in [0.29, 0.717) is 16.5 Å². The third kappa shape index (κ3) is 7.12. The van der Waals surface area contributed by atoms with E-state index in [-0.39, 0.29) is 25.8 Å². The van der Waals surface area contributed by atoms with Crippen molar-refractivity contribution >= 4 is 45.7 Å². The van der Waals surface area contributed by atoms with E-state index in [4.69, 9.17) is 10.5 Å². The summed E-state index contributed by atoms with van der Waals surface area (Å²) in [6.07, 6.45) is 2.73. The van der Waals surface area contributed by atoms with Gasteiger partial charge in [-0.25, -0.2) is 9.59 Å². The Morgan fingerprint density at radius 1 is 0.951 bits per heavy atom. The van der Waals surface area contributed by atoms with Crippen molar-refractivity contribution in [2.75, 3.05) is 6.54 Å². The van der Waals surface area contributed by atoms with E-state index in [1.807, 2.05) is 24.3 Å². The minimum absolute atomic E-state index is 0.00210. The van der Waals surface area contributed by atoms with Gasteiger partial charge in [0.05, 0.1) is 5.52 Å². The topological polar surface area (TPSA) is 169 Å². The normalized spacial score (nSPS) is 13.1. The fourth-order valence-corrected chi connectivity index (χ4v) is 4.69. The molecule has 2 amide bonds. The van der Waals surface area contributed by atoms with Gasteiger partial charge in [0.2, 0.25) is 11.8 Å². The molecule has 0 aliphatic rings. The quantitative estimate of drug-likeness (QED) is 0.198. The molecule has 0 unspecified atom stereocenters. The number of nitrogens with one attached hydrogen (secondary N) is 3. The number of nitrogens with zero attached hydrogens (tertiary/aromatic N) is 1. The minimum Gasteiger partial charge on any atom is -0.480 e. The van der Waals surface area contributed by atoms with Gasteiger partial charge in [-0.2, -0.15) is 0 Å². The van der Waals surface area contributed by atoms with Crippen LogP contribution in [0.15, 0.2) is 60.9 Å². The number of aromatic nitrogens is 2. The number of aromatic amines is 1. The molecule has 0 aliphatic carbocycles. The maximum absolute atomic E-state index is 13.5. The second kappa shape index (κ2) is 12.3. The summed E-state index contributed by atoms with van der Waals surface area (Å²) in [6.45, 7) is 5.37. The summed E-state index contributed by atoms with van der Waals surface area (Å²) in [5.74, 6) is -2.33. The van der Waals surface area contributed by atoms with Crippen LogP contribution in [0.2, 0.25) is 0 Å². The molecule has 0 aliphatic heterocycles. The molecule has 0 fully saturated rings. The van der Waals surface area contributed by atoms with Crippen molar-refractivity contribution in [3.8, 4) is 0 Å². The summed E-state index contributed by atoms with van der Waals surface area (Å²) >= 11 is 0. The number of hydrogen-bond acceptors (Lipinski definition) is 6. The van der Waals surface area contributed by atoms with E-state index in [1.54, 1.807) is 57.4 Å². The first kappa shape index (κ1) is 29.3. The van der Waals surface area contributed by atoms with Crippen molar-refractivity contribution in [1.29, 1.82) is 0 Å². The number of ether oxygens (including phenoxy) is 1. The summed E-state index contributed by atoms with van der Waals surface area (Å²) in [7, 11) is 0. The zero-order valence-electron chi connectivity index (χ0n) is 23.3. The number of nitrogens with two attached hydrogens (primary N) is 1. The molecule has 6 N–H and O–H groups in total. The van der Waals surface area contributed by atoms with Gasteiger partial charge < -0.3 is 31.2 Å². The number of carbonyl (C=O) groups is 4. The van der Waals surface area contributed by atoms with Gasteiger partial charge in [0.25, 0.3) is 0 Å². The van der Waals surface area contributed by atoms with Crippen LogP contribution in [0.3, 0.4) is 0 Å². The summed E-state index contributed by atoms with van der Waals surface area (Å²) in [5.41, 5.74) is 7.58. The van der Waals surface area contributed by atoms with Crippen LogP contribution in [-0.2, 0) is 32.0 Å². The van der Waals surface area contributed by atoms with Crippen molar-refractivity contribution in [3.05, 3.63) is 72.1 Å². The second-order valence-corrected chi connectivity index (χ2v) is 10.8. The highest BCUT2D eigenvalue weighted by Gasteiger charge is 2.29. The molecule has 41 heavy (non-hydrogen) atoms. The SMILES string of the molecule is CC(C)(C)OC(=O)n1cc(C[C@@H](NC(=O)CCN)C(=O)N[C@@H](Cc2c[nH]c3ccccc23)C(=O)O)c2ccccc21. The number of H-pyrrole nitrogens is 1. The Hall–Kier alpha value is -4.64. The molecule has 4 aromatic rings. The van der Waals surface area contributed by atoms with Crippen LogP contribution in [-0.4, -0.2) is 62.8 Å². The van der Waals surface area contributed by atoms with Gasteiger partial charge in [0, 0.05) is 54.5 Å². The minimum atomic E-state index is -1.25. The van der Waals surface area contributed by atoms with E-state index >= 15 is 0 Å². The van der Waals surface area contributed by atoms with Gasteiger partial charge in [-0.1, -0.05) is 36.4 Å². The van der Waals surface area contributed by atoms with Gasteiger partial charge in [0.1, 0.15) is 17.7 Å². The van der Waals surface area contributed by atoms with Crippen molar-refractivity contribution in [3.63, 3.8) is 0 Å². The van der Waals surface area contributed by atoms with Crippen LogP contribution < -0.4 is 16.4 Å². The molecular weight excluding hydrogens is 526 g/mol. The Bertz CT molecular complexity index is 1580. The number of aliphatic carboxylic acids is 1. The molecule has 2 heterocycles. The van der Waals surface area contributed by atoms with Gasteiger partial charge >= 0.3 is 12.1 Å². The number of hydrogen-bond donors (Lipinski definition) is 5. The molecule has 0 spiro atoms. The number of carboxylic acid groups (broad SMARTS) is 1. The number of fused-ring (bicyclic) bond motifs is 2. The zero-order valence-corrected chi connectivity index (χ0v) is 23.3. The van der Waals surface area contributed by atoms with E-state index in [9.17, 15) is 24.3 Å². The third-order valence-corrected chi connectivity index (χ3v) is 6.55. The lowest BCUT2D eigenvalue weighted by molar-refractivity contribution is -0.142. The predicted molar refractivity (Wildman–Crippen MR) is 154 cm³/mol. The molecule has 2 atom stereocenters. The van der Waals surface area contributed by atoms with Crippen molar-refractivity contribution in [2.45, 2.75) is 57.7 Å². The first-order valence-electron chi connectivity index (χ1n) is 13.4. The van der Waals surface area contributed by atoms with Crippen LogP contribution in [0.4, 0.5) is 4.79 Å². The fraction of sp³-hybridized carbons (Fsp3) is 0.333. The Labute approximate surface area is 237 Å². The number of amides is 2. The third-order valence-electron chi connectivity index (χ3n) is 6.55. The molecule has 11 heteroatoms. The molecule has 0 saturated carbocycles. The Morgan fingerprint density at radius 2 is 1.61 bits per heavy atom. The van der Waals surface area contributed by atoms with E-state index in [2.05, 4.69) is 15.6 Å².